The van der Waals surface area contributed by atoms with E-state index < -0.39 is 7.82 Å². The van der Waals surface area contributed by atoms with E-state index in [-0.39, 0.29) is 13.5 Å². The fraction of sp³-hybridized carbons (Fsp3) is 1.00. The summed E-state index contributed by atoms with van der Waals surface area (Å²) in [6.45, 7) is -0.352. The first kappa shape index (κ1) is 5.25. The summed E-state index contributed by atoms with van der Waals surface area (Å²) in [4.78, 5) is 15.9. The predicted molar refractivity (Wildman–Crippen MR) is 23.7 cm³/mol. The van der Waals surface area contributed by atoms with Crippen molar-refractivity contribution in [3.05, 3.63) is 0 Å². The lowest BCUT2D eigenvalue weighted by molar-refractivity contribution is 0.206. The van der Waals surface area contributed by atoms with Gasteiger partial charge in [-0.3, -0.25) is 4.52 Å². The summed E-state index contributed by atoms with van der Waals surface area (Å²) in [6.07, 6.45) is 0. The van der Waals surface area contributed by atoms with Gasteiger partial charge in [0, 0.05) is 1.37 Å². The first-order chi connectivity index (χ1) is 3.56. The monoisotopic (exact) mass is 127 g/mol. The van der Waals surface area contributed by atoms with E-state index >= 15 is 0 Å². The number of phosphoric acid groups is 1. The average Bonchev–Trinajstić information content (AvgIpc) is 1.59. The highest BCUT2D eigenvalue weighted by atomic mass is 31.2. The van der Waals surface area contributed by atoms with Crippen molar-refractivity contribution in [1.82, 2.24) is 0 Å². The Kier molecular flexibility index (Phi) is 1.82. The number of hydrogen-bond acceptors (Lipinski definition) is 2. The highest BCUT2D eigenvalue weighted by molar-refractivity contribution is 7.46. The number of hydrogen-bond donors (Lipinski definition) is 2. The van der Waals surface area contributed by atoms with Crippen molar-refractivity contribution in [2.45, 2.75) is 6.90 Å². The van der Waals surface area contributed by atoms with Gasteiger partial charge in [0.15, 0.2) is 0 Å². The topological polar surface area (TPSA) is 66.8 Å². The molecule has 7 heavy (non-hydrogen) atoms. The van der Waals surface area contributed by atoms with Crippen LogP contribution in [0.15, 0.2) is 0 Å². The van der Waals surface area contributed by atoms with E-state index in [2.05, 4.69) is 4.52 Å². The fourth-order valence-electron chi connectivity index (χ4n) is 0.119. The Balaban J connectivity index is 3.26. The van der Waals surface area contributed by atoms with Crippen LogP contribution in [-0.2, 0) is 9.09 Å². The minimum atomic E-state index is -4.30. The van der Waals surface area contributed by atoms with Crippen molar-refractivity contribution >= 4 is 7.82 Å². The van der Waals surface area contributed by atoms with Crippen LogP contribution in [0.5, 0.6) is 0 Å². The molecule has 0 unspecified atom stereocenters. The maximum atomic E-state index is 9.78. The summed E-state index contributed by atoms with van der Waals surface area (Å²) in [5, 5.41) is 0. The number of phosphoric ester groups is 1. The molecule has 0 heterocycles. The van der Waals surface area contributed by atoms with Crippen LogP contribution in [0.1, 0.15) is 8.27 Å². The molecule has 0 aliphatic rings. The summed E-state index contributed by atoms with van der Waals surface area (Å²) >= 11 is 0. The molecule has 0 aromatic heterocycles. The quantitative estimate of drug-likeness (QED) is 0.517. The molecule has 0 rings (SSSR count). The van der Waals surface area contributed by atoms with Gasteiger partial charge in [-0.05, 0) is 6.90 Å². The Morgan fingerprint density at radius 1 is 2.00 bits per heavy atom. The lowest BCUT2D eigenvalue weighted by atomic mass is 10.9. The largest absolute Gasteiger partial charge is 0.469 e. The zero-order chi connectivity index (χ0) is 6.62. The predicted octanol–water partition coefficient (Wildman–Crippen LogP) is 0.116. The average molecular weight is 127 g/mol. The van der Waals surface area contributed by atoms with Gasteiger partial charge in [0.1, 0.15) is 0 Å². The summed E-state index contributed by atoms with van der Waals surface area (Å²) in [5.74, 6) is 0. The second-order valence-electron chi connectivity index (χ2n) is 0.824. The van der Waals surface area contributed by atoms with Gasteiger partial charge in [0.05, 0.1) is 6.61 Å². The Morgan fingerprint density at radius 2 is 2.57 bits per heavy atom. The summed E-state index contributed by atoms with van der Waals surface area (Å²) < 4.78 is 20.1. The first-order valence-electron chi connectivity index (χ1n) is 2.26. The maximum Gasteiger partial charge on any atom is 0.469 e. The maximum absolute atomic E-state index is 9.78. The van der Waals surface area contributed by atoms with Crippen LogP contribution in [0.25, 0.3) is 0 Å². The second kappa shape index (κ2) is 2.43. The molecule has 0 saturated heterocycles. The molecule has 0 aliphatic carbocycles. The molecule has 0 fully saturated rings. The van der Waals surface area contributed by atoms with E-state index in [4.69, 9.17) is 11.2 Å². The van der Waals surface area contributed by atoms with Gasteiger partial charge in [0.25, 0.3) is 0 Å². The lowest BCUT2D eigenvalue weighted by Crippen LogP contribution is -1.84. The highest BCUT2D eigenvalue weighted by Gasteiger charge is 2.10. The van der Waals surface area contributed by atoms with Gasteiger partial charge in [-0.15, -0.1) is 0 Å². The molecule has 2 N–H and O–H groups in total. The van der Waals surface area contributed by atoms with E-state index in [9.17, 15) is 4.57 Å². The van der Waals surface area contributed by atoms with E-state index in [1.165, 1.54) is 0 Å². The standard InChI is InChI=1S/C2H7O4P/c1-2-6-7(3,4)5/h2H2,1H3,(H2,3,4,5)/i1D. The van der Waals surface area contributed by atoms with Crippen molar-refractivity contribution in [2.75, 3.05) is 6.61 Å². The Bertz CT molecular complexity index is 98.2. The van der Waals surface area contributed by atoms with Crippen molar-refractivity contribution in [3.63, 3.8) is 0 Å². The Hall–Kier alpha value is 0.110. The minimum Gasteiger partial charge on any atom is -0.303 e. The van der Waals surface area contributed by atoms with Crippen LogP contribution in [0, 0.1) is 0 Å². The van der Waals surface area contributed by atoms with Gasteiger partial charge < -0.3 is 9.79 Å². The Morgan fingerprint density at radius 3 is 2.71 bits per heavy atom. The van der Waals surface area contributed by atoms with Crippen LogP contribution in [0.4, 0.5) is 0 Å². The van der Waals surface area contributed by atoms with Gasteiger partial charge in [0.2, 0.25) is 0 Å². The molecule has 44 valence electrons. The van der Waals surface area contributed by atoms with Gasteiger partial charge in [-0.25, -0.2) is 4.57 Å². The minimum absolute atomic E-state index is 0.134. The highest BCUT2D eigenvalue weighted by Crippen LogP contribution is 2.34. The second-order valence-corrected chi connectivity index (χ2v) is 2.06. The SMILES string of the molecule is [2H]CCOP(=O)(O)O. The molecule has 0 bridgehead atoms. The third kappa shape index (κ3) is 6.11. The first-order valence-corrected chi connectivity index (χ1v) is 3.08. The third-order valence-electron chi connectivity index (χ3n) is 0.259. The van der Waals surface area contributed by atoms with Crippen LogP contribution in [0.3, 0.4) is 0 Å². The lowest BCUT2D eigenvalue weighted by Gasteiger charge is -1.98. The Labute approximate surface area is 42.8 Å². The number of rotatable bonds is 2. The normalized spacial score (nSPS) is 13.7. The van der Waals surface area contributed by atoms with Crippen molar-refractivity contribution < 1.29 is 20.2 Å². The van der Waals surface area contributed by atoms with Crippen molar-refractivity contribution in [3.8, 4) is 0 Å². The van der Waals surface area contributed by atoms with E-state index in [1.807, 2.05) is 0 Å². The molecule has 0 radical (unpaired) electrons. The summed E-state index contributed by atoms with van der Waals surface area (Å²) in [7, 11) is -4.30. The molecule has 0 aliphatic heterocycles. The molecule has 0 atom stereocenters. The molecule has 0 saturated carbocycles. The zero-order valence-electron chi connectivity index (χ0n) is 4.57. The zero-order valence-corrected chi connectivity index (χ0v) is 4.47. The molecular formula is C2H7O4P. The van der Waals surface area contributed by atoms with Crippen LogP contribution >= 0.6 is 7.82 Å². The van der Waals surface area contributed by atoms with Crippen LogP contribution < -0.4 is 0 Å². The van der Waals surface area contributed by atoms with Crippen molar-refractivity contribution in [2.24, 2.45) is 0 Å². The van der Waals surface area contributed by atoms with Crippen LogP contribution in [-0.4, -0.2) is 16.4 Å². The molecule has 0 spiro atoms. The molecule has 4 nitrogen and oxygen atoms in total. The fourth-order valence-corrected chi connectivity index (χ4v) is 0.357. The molecule has 0 aromatic rings. The molecular weight excluding hydrogens is 119 g/mol. The van der Waals surface area contributed by atoms with E-state index in [0.717, 1.165) is 0 Å². The third-order valence-corrected chi connectivity index (χ3v) is 0.778. The van der Waals surface area contributed by atoms with Crippen molar-refractivity contribution in [1.29, 1.82) is 0 Å². The smallest absolute Gasteiger partial charge is 0.303 e. The molecule has 5 heteroatoms. The van der Waals surface area contributed by atoms with E-state index in [0.29, 0.717) is 0 Å². The van der Waals surface area contributed by atoms with Gasteiger partial charge in [-0.2, -0.15) is 0 Å². The van der Waals surface area contributed by atoms with Gasteiger partial charge in [-0.1, -0.05) is 0 Å². The van der Waals surface area contributed by atoms with Gasteiger partial charge >= 0.3 is 7.82 Å². The summed E-state index contributed by atoms with van der Waals surface area (Å²) in [6, 6.07) is 0. The van der Waals surface area contributed by atoms with Crippen LogP contribution in [0.2, 0.25) is 0 Å². The van der Waals surface area contributed by atoms with E-state index in [1.54, 1.807) is 0 Å². The molecule has 0 amide bonds. The molecule has 0 aromatic carbocycles. The summed E-state index contributed by atoms with van der Waals surface area (Å²) in [5.41, 5.74) is 0.